The molecule has 31 heavy (non-hydrogen) atoms. The third kappa shape index (κ3) is 6.42. The van der Waals surface area contributed by atoms with Gasteiger partial charge in [0.1, 0.15) is 11.6 Å². The lowest BCUT2D eigenvalue weighted by Crippen LogP contribution is -2.41. The highest BCUT2D eigenvalue weighted by Crippen LogP contribution is 2.28. The van der Waals surface area contributed by atoms with Gasteiger partial charge in [-0.05, 0) is 43.3 Å². The lowest BCUT2D eigenvalue weighted by Gasteiger charge is -2.36. The molecule has 2 N–H and O–H groups in total. The van der Waals surface area contributed by atoms with Crippen LogP contribution in [0.2, 0.25) is 0 Å². The van der Waals surface area contributed by atoms with E-state index in [0.29, 0.717) is 28.9 Å². The van der Waals surface area contributed by atoms with Crippen molar-refractivity contribution >= 4 is 34.9 Å². The van der Waals surface area contributed by atoms with Crippen molar-refractivity contribution in [2.45, 2.75) is 64.8 Å². The first-order chi connectivity index (χ1) is 15.1. The van der Waals surface area contributed by atoms with E-state index in [0.717, 1.165) is 51.0 Å². The Kier molecular flexibility index (Phi) is 7.82. The second-order valence-electron chi connectivity index (χ2n) is 9.65. The normalized spacial score (nSPS) is 25.7. The average molecular weight is 447 g/mol. The highest BCUT2D eigenvalue weighted by Gasteiger charge is 2.25. The molecule has 0 amide bonds. The third-order valence-electron chi connectivity index (χ3n) is 6.64. The van der Waals surface area contributed by atoms with Crippen molar-refractivity contribution in [2.75, 3.05) is 54.5 Å². The van der Waals surface area contributed by atoms with Gasteiger partial charge >= 0.3 is 0 Å². The molecule has 3 heterocycles. The molecule has 172 valence electrons. The van der Waals surface area contributed by atoms with Crippen LogP contribution in [0.5, 0.6) is 0 Å². The second kappa shape index (κ2) is 10.8. The Morgan fingerprint density at radius 3 is 2.23 bits per heavy atom. The Hall–Kier alpha value is -1.67. The van der Waals surface area contributed by atoms with E-state index >= 15 is 0 Å². The standard InChI is InChI=1S/C23H38N6OS/c1-17-13-18(2)16-29(15-17)21-14-20(28-9-11-30-12-10-28)25-22(26-21)27-23(31)24-19-7-5-3-4-6-8-19/h14,17-19H,3-13,15-16H2,1-2H3,(H2,24,25,26,27,31)/t17-,18-/m0/s1. The molecule has 0 spiro atoms. The van der Waals surface area contributed by atoms with Crippen LogP contribution in [0.4, 0.5) is 17.6 Å². The molecule has 4 rings (SSSR count). The Bertz CT molecular complexity index is 723. The number of hydrogen-bond donors (Lipinski definition) is 2. The zero-order valence-electron chi connectivity index (χ0n) is 19.1. The van der Waals surface area contributed by atoms with Gasteiger partial charge in [-0.25, -0.2) is 0 Å². The number of anilines is 3. The molecule has 2 aliphatic heterocycles. The molecule has 1 aliphatic carbocycles. The molecular weight excluding hydrogens is 408 g/mol. The van der Waals surface area contributed by atoms with Crippen molar-refractivity contribution in [3.63, 3.8) is 0 Å². The van der Waals surface area contributed by atoms with Crippen LogP contribution in [0.1, 0.15) is 58.8 Å². The maximum absolute atomic E-state index is 5.65. The number of nitrogens with one attached hydrogen (secondary N) is 2. The highest BCUT2D eigenvalue weighted by atomic mass is 32.1. The first kappa shape index (κ1) is 22.5. The summed E-state index contributed by atoms with van der Waals surface area (Å²) in [5.41, 5.74) is 0. The summed E-state index contributed by atoms with van der Waals surface area (Å²) in [5.74, 6) is 3.88. The van der Waals surface area contributed by atoms with Crippen LogP contribution < -0.4 is 20.4 Å². The first-order valence-corrected chi connectivity index (χ1v) is 12.5. The summed E-state index contributed by atoms with van der Waals surface area (Å²) in [6.07, 6.45) is 8.87. The van der Waals surface area contributed by atoms with Gasteiger partial charge in [0.25, 0.3) is 0 Å². The number of morpholine rings is 1. The van der Waals surface area contributed by atoms with Crippen molar-refractivity contribution in [3.05, 3.63) is 6.07 Å². The van der Waals surface area contributed by atoms with E-state index in [2.05, 4.69) is 40.3 Å². The predicted molar refractivity (Wildman–Crippen MR) is 131 cm³/mol. The highest BCUT2D eigenvalue weighted by molar-refractivity contribution is 7.80. The third-order valence-corrected chi connectivity index (χ3v) is 6.86. The van der Waals surface area contributed by atoms with Gasteiger partial charge in [0.2, 0.25) is 5.95 Å². The number of piperidine rings is 1. The molecule has 7 nitrogen and oxygen atoms in total. The smallest absolute Gasteiger partial charge is 0.232 e. The van der Waals surface area contributed by atoms with Gasteiger partial charge < -0.3 is 25.2 Å². The number of nitrogens with zero attached hydrogens (tertiary/aromatic N) is 4. The van der Waals surface area contributed by atoms with Gasteiger partial charge in [-0.3, -0.25) is 0 Å². The summed E-state index contributed by atoms with van der Waals surface area (Å²) in [7, 11) is 0. The van der Waals surface area contributed by atoms with Crippen molar-refractivity contribution in [3.8, 4) is 0 Å². The van der Waals surface area contributed by atoms with Crippen LogP contribution in [0.25, 0.3) is 0 Å². The molecule has 3 fully saturated rings. The Balaban J connectivity index is 1.51. The SMILES string of the molecule is C[C@H]1C[C@H](C)CN(c2cc(N3CCOCC3)nc(NC(=S)NC3CCCCCC3)n2)C1. The number of thiocarbonyl (C=S) groups is 1. The van der Waals surface area contributed by atoms with Crippen LogP contribution >= 0.6 is 12.2 Å². The summed E-state index contributed by atoms with van der Waals surface area (Å²) >= 11 is 5.65. The van der Waals surface area contributed by atoms with E-state index in [1.165, 1.54) is 44.9 Å². The van der Waals surface area contributed by atoms with E-state index in [1.54, 1.807) is 0 Å². The van der Waals surface area contributed by atoms with E-state index in [1.807, 2.05) is 0 Å². The van der Waals surface area contributed by atoms with Gasteiger partial charge in [0.05, 0.1) is 13.2 Å². The zero-order valence-corrected chi connectivity index (χ0v) is 19.9. The van der Waals surface area contributed by atoms with Crippen LogP contribution in [-0.2, 0) is 4.74 Å². The molecule has 2 atom stereocenters. The topological polar surface area (TPSA) is 65.6 Å². The van der Waals surface area contributed by atoms with Crippen molar-refractivity contribution in [2.24, 2.45) is 11.8 Å². The van der Waals surface area contributed by atoms with Gasteiger partial charge in [-0.15, -0.1) is 0 Å². The molecule has 3 aliphatic rings. The monoisotopic (exact) mass is 446 g/mol. The molecule has 0 bridgehead atoms. The minimum absolute atomic E-state index is 0.452. The quantitative estimate of drug-likeness (QED) is 0.535. The van der Waals surface area contributed by atoms with Gasteiger partial charge in [0.15, 0.2) is 5.11 Å². The largest absolute Gasteiger partial charge is 0.378 e. The maximum atomic E-state index is 5.65. The zero-order chi connectivity index (χ0) is 21.6. The Morgan fingerprint density at radius 1 is 0.968 bits per heavy atom. The number of hydrogen-bond acceptors (Lipinski definition) is 6. The summed E-state index contributed by atoms with van der Waals surface area (Å²) in [6, 6.07) is 2.59. The molecule has 1 aromatic heterocycles. The first-order valence-electron chi connectivity index (χ1n) is 12.1. The fourth-order valence-electron chi connectivity index (χ4n) is 5.19. The van der Waals surface area contributed by atoms with E-state index in [4.69, 9.17) is 26.9 Å². The average Bonchev–Trinajstić information content (AvgIpc) is 3.02. The van der Waals surface area contributed by atoms with Crippen LogP contribution in [0.15, 0.2) is 6.07 Å². The maximum Gasteiger partial charge on any atom is 0.232 e. The molecule has 1 saturated carbocycles. The second-order valence-corrected chi connectivity index (χ2v) is 10.1. The number of ether oxygens (including phenoxy) is 1. The Labute approximate surface area is 192 Å². The lowest BCUT2D eigenvalue weighted by atomic mass is 9.92. The molecular formula is C23H38N6OS. The lowest BCUT2D eigenvalue weighted by molar-refractivity contribution is 0.122. The van der Waals surface area contributed by atoms with Gasteiger partial charge in [-0.1, -0.05) is 39.5 Å². The molecule has 0 aromatic carbocycles. The summed E-state index contributed by atoms with van der Waals surface area (Å²) in [6.45, 7) is 9.92. The fraction of sp³-hybridized carbons (Fsp3) is 0.783. The van der Waals surface area contributed by atoms with Crippen LogP contribution in [0, 0.1) is 11.8 Å². The van der Waals surface area contributed by atoms with Crippen molar-refractivity contribution in [1.82, 2.24) is 15.3 Å². The van der Waals surface area contributed by atoms with Gasteiger partial charge in [-0.2, -0.15) is 9.97 Å². The fourth-order valence-corrected chi connectivity index (χ4v) is 5.45. The molecule has 8 heteroatoms. The molecule has 2 saturated heterocycles. The molecule has 1 aromatic rings. The summed E-state index contributed by atoms with van der Waals surface area (Å²) < 4.78 is 5.54. The summed E-state index contributed by atoms with van der Waals surface area (Å²) in [5, 5.41) is 7.45. The van der Waals surface area contributed by atoms with Crippen molar-refractivity contribution in [1.29, 1.82) is 0 Å². The number of rotatable bonds is 4. The van der Waals surface area contributed by atoms with Crippen LogP contribution in [0.3, 0.4) is 0 Å². The molecule has 0 radical (unpaired) electrons. The summed E-state index contributed by atoms with van der Waals surface area (Å²) in [4.78, 5) is 14.4. The van der Waals surface area contributed by atoms with E-state index in [9.17, 15) is 0 Å². The minimum Gasteiger partial charge on any atom is -0.378 e. The minimum atomic E-state index is 0.452. The predicted octanol–water partition coefficient (Wildman–Crippen LogP) is 3.80. The van der Waals surface area contributed by atoms with Crippen molar-refractivity contribution < 1.29 is 4.74 Å². The Morgan fingerprint density at radius 2 is 1.58 bits per heavy atom. The van der Waals surface area contributed by atoms with E-state index in [-0.39, 0.29) is 0 Å². The van der Waals surface area contributed by atoms with E-state index < -0.39 is 0 Å². The molecule has 0 unspecified atom stereocenters. The van der Waals surface area contributed by atoms with Crippen LogP contribution in [-0.4, -0.2) is 60.5 Å². The van der Waals surface area contributed by atoms with Gasteiger partial charge in [0, 0.05) is 38.3 Å². The number of aromatic nitrogens is 2.